The van der Waals surface area contributed by atoms with Gasteiger partial charge in [-0.2, -0.15) is 0 Å². The molecule has 0 spiro atoms. The Hall–Kier alpha value is -0.640. The molecule has 2 nitrogen and oxygen atoms in total. The van der Waals surface area contributed by atoms with Crippen LogP contribution in [-0.4, -0.2) is 24.0 Å². The van der Waals surface area contributed by atoms with Gasteiger partial charge >= 0.3 is 0 Å². The normalized spacial score (nSPS) is 23.2. The number of nitrogens with two attached hydrogens (primary N) is 1. The van der Waals surface area contributed by atoms with Crippen LogP contribution in [0, 0.1) is 11.7 Å². The Morgan fingerprint density at radius 1 is 1.42 bits per heavy atom. The van der Waals surface area contributed by atoms with E-state index in [-0.39, 0.29) is 5.82 Å². The van der Waals surface area contributed by atoms with Crippen LogP contribution in [0.1, 0.15) is 31.7 Å². The van der Waals surface area contributed by atoms with E-state index in [1.54, 1.807) is 6.07 Å². The van der Waals surface area contributed by atoms with Crippen LogP contribution in [0.15, 0.2) is 18.2 Å². The van der Waals surface area contributed by atoms with Gasteiger partial charge in [0.1, 0.15) is 5.82 Å². The first kappa shape index (κ1) is 14.8. The number of halogens is 2. The summed E-state index contributed by atoms with van der Waals surface area (Å²) in [4.78, 5) is 2.42. The molecule has 2 rings (SSSR count). The molecular formula is C15H22ClFN2. The second-order valence-electron chi connectivity index (χ2n) is 5.29. The zero-order chi connectivity index (χ0) is 13.8. The largest absolute Gasteiger partial charge is 0.330 e. The zero-order valence-corrected chi connectivity index (χ0v) is 12.2. The quantitative estimate of drug-likeness (QED) is 0.898. The summed E-state index contributed by atoms with van der Waals surface area (Å²) >= 11 is 6.12. The average molecular weight is 285 g/mol. The third-order valence-electron chi connectivity index (χ3n) is 4.19. The van der Waals surface area contributed by atoms with E-state index >= 15 is 0 Å². The van der Waals surface area contributed by atoms with Crippen LogP contribution in [-0.2, 0) is 6.54 Å². The molecule has 106 valence electrons. The summed E-state index contributed by atoms with van der Waals surface area (Å²) in [7, 11) is 0. The summed E-state index contributed by atoms with van der Waals surface area (Å²) in [5, 5.41) is 0.515. The van der Waals surface area contributed by atoms with Crippen LogP contribution in [0.25, 0.3) is 0 Å². The predicted octanol–water partition coefficient (Wildman–Crippen LogP) is 3.43. The molecule has 0 saturated heterocycles. The van der Waals surface area contributed by atoms with E-state index < -0.39 is 0 Å². The van der Waals surface area contributed by atoms with Gasteiger partial charge in [0.2, 0.25) is 0 Å². The van der Waals surface area contributed by atoms with Crippen LogP contribution in [0.3, 0.4) is 0 Å². The molecule has 1 fully saturated rings. The standard InChI is InChI=1S/C15H22ClFN2/c1-2-19(15-5-3-4-11(15)9-18)10-12-6-7-13(17)8-14(12)16/h6-8,11,15H,2-5,9-10,18H2,1H3. The van der Waals surface area contributed by atoms with Gasteiger partial charge in [-0.3, -0.25) is 4.90 Å². The molecule has 4 heteroatoms. The highest BCUT2D eigenvalue weighted by Gasteiger charge is 2.30. The van der Waals surface area contributed by atoms with Crippen LogP contribution in [0.5, 0.6) is 0 Å². The van der Waals surface area contributed by atoms with Crippen molar-refractivity contribution in [1.29, 1.82) is 0 Å². The maximum atomic E-state index is 13.1. The molecule has 0 aliphatic heterocycles. The van der Waals surface area contributed by atoms with Crippen molar-refractivity contribution in [2.75, 3.05) is 13.1 Å². The molecular weight excluding hydrogens is 263 g/mol. The van der Waals surface area contributed by atoms with E-state index in [2.05, 4.69) is 11.8 Å². The minimum Gasteiger partial charge on any atom is -0.330 e. The highest BCUT2D eigenvalue weighted by atomic mass is 35.5. The van der Waals surface area contributed by atoms with Gasteiger partial charge in [0, 0.05) is 17.6 Å². The second kappa shape index (κ2) is 6.69. The fraction of sp³-hybridized carbons (Fsp3) is 0.600. The molecule has 2 unspecified atom stereocenters. The van der Waals surface area contributed by atoms with Crippen molar-refractivity contribution in [3.63, 3.8) is 0 Å². The maximum Gasteiger partial charge on any atom is 0.124 e. The van der Waals surface area contributed by atoms with E-state index in [9.17, 15) is 4.39 Å². The third kappa shape index (κ3) is 3.47. The van der Waals surface area contributed by atoms with E-state index in [4.69, 9.17) is 17.3 Å². The molecule has 1 aromatic carbocycles. The molecule has 1 aliphatic carbocycles. The van der Waals surface area contributed by atoms with Crippen molar-refractivity contribution in [2.45, 2.75) is 38.8 Å². The molecule has 0 heterocycles. The third-order valence-corrected chi connectivity index (χ3v) is 4.54. The van der Waals surface area contributed by atoms with Gasteiger partial charge in [-0.25, -0.2) is 4.39 Å². The summed E-state index contributed by atoms with van der Waals surface area (Å²) in [6, 6.07) is 5.19. The number of benzene rings is 1. The second-order valence-corrected chi connectivity index (χ2v) is 5.70. The molecule has 1 saturated carbocycles. The molecule has 1 aromatic rings. The number of hydrogen-bond acceptors (Lipinski definition) is 2. The van der Waals surface area contributed by atoms with Crippen LogP contribution < -0.4 is 5.73 Å². The Bertz CT molecular complexity index is 425. The first-order chi connectivity index (χ1) is 9.15. The molecule has 0 amide bonds. The van der Waals surface area contributed by atoms with Gasteiger partial charge in [0.15, 0.2) is 0 Å². The van der Waals surface area contributed by atoms with Crippen molar-refractivity contribution in [3.8, 4) is 0 Å². The van der Waals surface area contributed by atoms with E-state index in [0.29, 0.717) is 17.0 Å². The lowest BCUT2D eigenvalue weighted by Crippen LogP contribution is -2.39. The summed E-state index contributed by atoms with van der Waals surface area (Å²) < 4.78 is 13.1. The van der Waals surface area contributed by atoms with Gasteiger partial charge in [-0.1, -0.05) is 31.0 Å². The average Bonchev–Trinajstić information content (AvgIpc) is 2.86. The van der Waals surface area contributed by atoms with Crippen LogP contribution in [0.4, 0.5) is 4.39 Å². The minimum absolute atomic E-state index is 0.280. The summed E-state index contributed by atoms with van der Waals surface area (Å²) in [5.74, 6) is 0.302. The van der Waals surface area contributed by atoms with Gasteiger partial charge in [-0.05, 0) is 49.5 Å². The van der Waals surface area contributed by atoms with Gasteiger partial charge < -0.3 is 5.73 Å². The van der Waals surface area contributed by atoms with E-state index in [1.807, 2.05) is 0 Å². The lowest BCUT2D eigenvalue weighted by molar-refractivity contribution is 0.162. The fourth-order valence-corrected chi connectivity index (χ4v) is 3.33. The molecule has 2 N–H and O–H groups in total. The zero-order valence-electron chi connectivity index (χ0n) is 11.4. The van der Waals surface area contributed by atoms with Crippen LogP contribution >= 0.6 is 11.6 Å². The van der Waals surface area contributed by atoms with Crippen molar-refractivity contribution in [2.24, 2.45) is 11.7 Å². The monoisotopic (exact) mass is 284 g/mol. The Morgan fingerprint density at radius 3 is 2.84 bits per heavy atom. The van der Waals surface area contributed by atoms with E-state index in [0.717, 1.165) is 25.2 Å². The minimum atomic E-state index is -0.280. The number of hydrogen-bond donors (Lipinski definition) is 1. The smallest absolute Gasteiger partial charge is 0.124 e. The fourth-order valence-electron chi connectivity index (χ4n) is 3.11. The lowest BCUT2D eigenvalue weighted by atomic mass is 10.0. The Balaban J connectivity index is 2.10. The van der Waals surface area contributed by atoms with Gasteiger partial charge in [-0.15, -0.1) is 0 Å². The Morgan fingerprint density at radius 2 is 2.21 bits per heavy atom. The topological polar surface area (TPSA) is 29.3 Å². The van der Waals surface area contributed by atoms with Crippen molar-refractivity contribution in [1.82, 2.24) is 4.90 Å². The Labute approximate surface area is 119 Å². The lowest BCUT2D eigenvalue weighted by Gasteiger charge is -2.32. The molecule has 0 aromatic heterocycles. The predicted molar refractivity (Wildman–Crippen MR) is 77.7 cm³/mol. The number of nitrogens with zero attached hydrogens (tertiary/aromatic N) is 1. The molecule has 1 aliphatic rings. The van der Waals surface area contributed by atoms with E-state index in [1.165, 1.54) is 31.4 Å². The van der Waals surface area contributed by atoms with Crippen molar-refractivity contribution < 1.29 is 4.39 Å². The highest BCUT2D eigenvalue weighted by molar-refractivity contribution is 6.31. The molecule has 2 atom stereocenters. The van der Waals surface area contributed by atoms with Crippen molar-refractivity contribution in [3.05, 3.63) is 34.6 Å². The molecule has 0 bridgehead atoms. The van der Waals surface area contributed by atoms with Gasteiger partial charge in [0.25, 0.3) is 0 Å². The SMILES string of the molecule is CCN(Cc1ccc(F)cc1Cl)C1CCCC1CN. The first-order valence-corrected chi connectivity index (χ1v) is 7.41. The summed E-state index contributed by atoms with van der Waals surface area (Å²) in [5.41, 5.74) is 6.85. The molecule has 19 heavy (non-hydrogen) atoms. The van der Waals surface area contributed by atoms with Crippen molar-refractivity contribution >= 4 is 11.6 Å². The Kier molecular flexibility index (Phi) is 5.20. The number of rotatable bonds is 5. The van der Waals surface area contributed by atoms with Gasteiger partial charge in [0.05, 0.1) is 0 Å². The van der Waals surface area contributed by atoms with Crippen LogP contribution in [0.2, 0.25) is 5.02 Å². The molecule has 0 radical (unpaired) electrons. The summed E-state index contributed by atoms with van der Waals surface area (Å²) in [6.07, 6.45) is 3.67. The highest BCUT2D eigenvalue weighted by Crippen LogP contribution is 2.31. The summed E-state index contributed by atoms with van der Waals surface area (Å²) in [6.45, 7) is 4.65. The first-order valence-electron chi connectivity index (χ1n) is 7.03. The maximum absolute atomic E-state index is 13.1.